The fraction of sp³-hybridized carbons (Fsp3) is 0.767. The molecule has 4 aliphatic rings. The van der Waals surface area contributed by atoms with E-state index in [1.54, 1.807) is 19.1 Å². The Balaban J connectivity index is 1.76. The third kappa shape index (κ3) is 3.93. The highest BCUT2D eigenvalue weighted by Crippen LogP contribution is 2.75. The number of unbranched alkanes of at least 4 members (excludes halogenated alkanes) is 4. The first-order valence-electron chi connectivity index (χ1n) is 14.1. The zero-order valence-corrected chi connectivity index (χ0v) is 23.6. The van der Waals surface area contributed by atoms with Crippen molar-refractivity contribution in [2.24, 2.45) is 28.6 Å². The molecule has 0 aliphatic heterocycles. The second kappa shape index (κ2) is 9.86. The van der Waals surface area contributed by atoms with Crippen molar-refractivity contribution < 1.29 is 39.2 Å². The molecule has 0 aromatic heterocycles. The number of rotatable bonds is 9. The van der Waals surface area contributed by atoms with Gasteiger partial charge in [0.25, 0.3) is 0 Å². The number of carbonyl (C=O) groups is 3. The zero-order valence-electron chi connectivity index (χ0n) is 23.6. The van der Waals surface area contributed by atoms with Crippen LogP contribution in [-0.4, -0.2) is 63.1 Å². The molecule has 1 spiro atoms. The van der Waals surface area contributed by atoms with Crippen LogP contribution in [0.3, 0.4) is 0 Å². The van der Waals surface area contributed by atoms with Crippen LogP contribution >= 0.6 is 0 Å². The van der Waals surface area contributed by atoms with Gasteiger partial charge < -0.3 is 24.8 Å². The lowest BCUT2D eigenvalue weighted by Crippen LogP contribution is -2.65. The predicted molar refractivity (Wildman–Crippen MR) is 140 cm³/mol. The molecule has 3 unspecified atom stereocenters. The first-order valence-corrected chi connectivity index (χ1v) is 14.1. The summed E-state index contributed by atoms with van der Waals surface area (Å²) in [5, 5.41) is 34.8. The van der Waals surface area contributed by atoms with E-state index in [0.717, 1.165) is 32.1 Å². The average molecular weight is 533 g/mol. The molecule has 0 amide bonds. The van der Waals surface area contributed by atoms with Gasteiger partial charge in [-0.25, -0.2) is 0 Å². The number of aliphatic hydroxyl groups excluding tert-OH is 2. The van der Waals surface area contributed by atoms with Gasteiger partial charge in [-0.15, -0.1) is 0 Å². The van der Waals surface area contributed by atoms with Crippen molar-refractivity contribution in [3.63, 3.8) is 0 Å². The Morgan fingerprint density at radius 3 is 2.39 bits per heavy atom. The van der Waals surface area contributed by atoms with E-state index in [-0.39, 0.29) is 29.9 Å². The van der Waals surface area contributed by atoms with Gasteiger partial charge in [-0.3, -0.25) is 14.4 Å². The van der Waals surface area contributed by atoms with Gasteiger partial charge in [-0.2, -0.15) is 0 Å². The molecule has 8 nitrogen and oxygen atoms in total. The smallest absolute Gasteiger partial charge is 0.306 e. The largest absolute Gasteiger partial charge is 0.461 e. The number of carbonyl (C=O) groups excluding carboxylic acids is 3. The van der Waals surface area contributed by atoms with Crippen molar-refractivity contribution >= 4 is 17.7 Å². The molecule has 0 heterocycles. The molecular weight excluding hydrogens is 488 g/mol. The number of hydrogen-bond donors (Lipinski definition) is 3. The van der Waals surface area contributed by atoms with E-state index in [2.05, 4.69) is 6.92 Å². The van der Waals surface area contributed by atoms with E-state index in [1.165, 1.54) is 6.92 Å². The first kappa shape index (κ1) is 29.0. The van der Waals surface area contributed by atoms with Gasteiger partial charge in [0.15, 0.2) is 5.78 Å². The van der Waals surface area contributed by atoms with Gasteiger partial charge in [-0.05, 0) is 36.8 Å². The number of hydrogen-bond acceptors (Lipinski definition) is 8. The van der Waals surface area contributed by atoms with E-state index in [0.29, 0.717) is 18.4 Å². The van der Waals surface area contributed by atoms with Crippen LogP contribution in [0.15, 0.2) is 23.3 Å². The lowest BCUT2D eigenvalue weighted by atomic mass is 9.59. The number of Topliss-reactive ketones (excluding diaryl/α,β-unsaturated/α-hetero) is 1. The molecule has 0 saturated heterocycles. The fourth-order valence-electron chi connectivity index (χ4n) is 8.03. The van der Waals surface area contributed by atoms with Gasteiger partial charge in [0.05, 0.1) is 5.41 Å². The first-order chi connectivity index (χ1) is 17.7. The summed E-state index contributed by atoms with van der Waals surface area (Å²) in [6.45, 7) is 10.5. The number of ketones is 1. The van der Waals surface area contributed by atoms with Crippen LogP contribution in [0, 0.1) is 28.6 Å². The second-order valence-electron chi connectivity index (χ2n) is 12.6. The number of esters is 2. The Morgan fingerprint density at radius 1 is 1.11 bits per heavy atom. The maximum Gasteiger partial charge on any atom is 0.306 e. The standard InChI is InChI=1S/C30H44O8/c1-7-8-9-10-11-12-22(32)38-29-15-18(3)28-14-17(2)24(33)30(28,36)25(34)20(16-37-19(4)31)13-21(26(28)35)23(29)27(29,5)6/h13-14,18,21,23-25,33-34,36H,7-12,15-16H2,1-6H3/t18-,21?,23+,24?,25-,28?,29+,30-/m1/s1. The van der Waals surface area contributed by atoms with Crippen LogP contribution in [0.25, 0.3) is 0 Å². The van der Waals surface area contributed by atoms with E-state index in [4.69, 9.17) is 9.47 Å². The minimum absolute atomic E-state index is 0.165. The van der Waals surface area contributed by atoms with Gasteiger partial charge in [-0.1, -0.05) is 65.5 Å². The Kier molecular flexibility index (Phi) is 7.52. The Morgan fingerprint density at radius 2 is 1.76 bits per heavy atom. The van der Waals surface area contributed by atoms with Crippen molar-refractivity contribution in [2.75, 3.05) is 6.61 Å². The highest BCUT2D eigenvalue weighted by Gasteiger charge is 2.83. The van der Waals surface area contributed by atoms with Crippen molar-refractivity contribution in [2.45, 2.75) is 110 Å². The summed E-state index contributed by atoms with van der Waals surface area (Å²) in [6, 6.07) is 0. The Hall–Kier alpha value is -2.03. The molecule has 2 bridgehead atoms. The van der Waals surface area contributed by atoms with Crippen LogP contribution < -0.4 is 0 Å². The number of fused-ring (bicyclic) bond motifs is 3. The molecule has 2 saturated carbocycles. The molecule has 4 aliphatic carbocycles. The SMILES string of the molecule is CCCCCCCC(=O)O[C@@]12C[C@@H](C)C34C=C(C)C(O)[C@@]3(O)[C@H](O)C(COC(C)=O)=CC(C4=O)[C@H]1C2(C)C. The summed E-state index contributed by atoms with van der Waals surface area (Å²) in [5.41, 5.74) is -4.76. The summed E-state index contributed by atoms with van der Waals surface area (Å²) >= 11 is 0. The van der Waals surface area contributed by atoms with Crippen LogP contribution in [0.4, 0.5) is 0 Å². The maximum absolute atomic E-state index is 14.5. The minimum atomic E-state index is -2.25. The third-order valence-electron chi connectivity index (χ3n) is 10.1. The number of ether oxygens (including phenoxy) is 2. The second-order valence-corrected chi connectivity index (χ2v) is 12.6. The van der Waals surface area contributed by atoms with Crippen molar-refractivity contribution in [1.29, 1.82) is 0 Å². The van der Waals surface area contributed by atoms with Gasteiger partial charge in [0.2, 0.25) is 0 Å². The van der Waals surface area contributed by atoms with E-state index < -0.39 is 52.0 Å². The summed E-state index contributed by atoms with van der Waals surface area (Å²) in [6.07, 6.45) is 5.72. The molecule has 8 heteroatoms. The van der Waals surface area contributed by atoms with Crippen LogP contribution in [-0.2, 0) is 23.9 Å². The quantitative estimate of drug-likeness (QED) is 0.234. The zero-order chi connectivity index (χ0) is 28.3. The van der Waals surface area contributed by atoms with Crippen molar-refractivity contribution in [3.8, 4) is 0 Å². The molecule has 38 heavy (non-hydrogen) atoms. The highest BCUT2D eigenvalue weighted by molar-refractivity contribution is 5.96. The maximum atomic E-state index is 14.5. The molecule has 3 N–H and O–H groups in total. The van der Waals surface area contributed by atoms with Gasteiger partial charge in [0, 0.05) is 30.6 Å². The van der Waals surface area contributed by atoms with E-state index in [9.17, 15) is 29.7 Å². The molecule has 0 aromatic rings. The van der Waals surface area contributed by atoms with Crippen LogP contribution in [0.5, 0.6) is 0 Å². The summed E-state index contributed by atoms with van der Waals surface area (Å²) < 4.78 is 11.5. The molecule has 212 valence electrons. The van der Waals surface area contributed by atoms with Gasteiger partial charge >= 0.3 is 11.9 Å². The van der Waals surface area contributed by atoms with E-state index >= 15 is 0 Å². The molecule has 4 rings (SSSR count). The predicted octanol–water partition coefficient (Wildman–Crippen LogP) is 3.41. The molecular formula is C30H44O8. The summed E-state index contributed by atoms with van der Waals surface area (Å²) in [7, 11) is 0. The Bertz CT molecular complexity index is 1060. The average Bonchev–Trinajstić information content (AvgIpc) is 3.25. The molecule has 0 aromatic carbocycles. The lowest BCUT2D eigenvalue weighted by Gasteiger charge is -2.48. The highest BCUT2D eigenvalue weighted by atomic mass is 16.6. The third-order valence-corrected chi connectivity index (χ3v) is 10.1. The van der Waals surface area contributed by atoms with Crippen LogP contribution in [0.1, 0.15) is 86.5 Å². The number of aliphatic hydroxyl groups is 3. The molecule has 8 atom stereocenters. The van der Waals surface area contributed by atoms with Crippen molar-refractivity contribution in [1.82, 2.24) is 0 Å². The Labute approximate surface area is 225 Å². The summed E-state index contributed by atoms with van der Waals surface area (Å²) in [5.74, 6) is -2.93. The normalized spacial score (nSPS) is 40.7. The molecule has 2 fully saturated rings. The van der Waals surface area contributed by atoms with E-state index in [1.807, 2.05) is 20.8 Å². The van der Waals surface area contributed by atoms with Crippen molar-refractivity contribution in [3.05, 3.63) is 23.3 Å². The monoisotopic (exact) mass is 532 g/mol. The lowest BCUT2D eigenvalue weighted by molar-refractivity contribution is -0.192. The summed E-state index contributed by atoms with van der Waals surface area (Å²) in [4.78, 5) is 39.2. The van der Waals surface area contributed by atoms with Gasteiger partial charge in [0.1, 0.15) is 30.0 Å². The topological polar surface area (TPSA) is 130 Å². The number of allylic oxidation sites excluding steroid dienone is 1. The molecule has 0 radical (unpaired) electrons. The fourth-order valence-corrected chi connectivity index (χ4v) is 8.03. The van der Waals surface area contributed by atoms with Crippen LogP contribution in [0.2, 0.25) is 0 Å². The minimum Gasteiger partial charge on any atom is -0.461 e.